The number of aryl methyl sites for hydroxylation is 1. The van der Waals surface area contributed by atoms with Crippen LogP contribution in [-0.4, -0.2) is 18.1 Å². The van der Waals surface area contributed by atoms with Gasteiger partial charge in [0.25, 0.3) is 0 Å². The third-order valence-corrected chi connectivity index (χ3v) is 3.75. The van der Waals surface area contributed by atoms with E-state index in [0.29, 0.717) is 28.9 Å². The van der Waals surface area contributed by atoms with Crippen LogP contribution in [0.3, 0.4) is 0 Å². The first-order valence-electron chi connectivity index (χ1n) is 6.89. The van der Waals surface area contributed by atoms with Crippen molar-refractivity contribution in [2.45, 2.75) is 19.8 Å². The molecule has 0 aliphatic carbocycles. The lowest BCUT2D eigenvalue weighted by molar-refractivity contribution is 0.563. The normalized spacial score (nSPS) is 14.2. The first kappa shape index (κ1) is 13.0. The third-order valence-electron chi connectivity index (χ3n) is 3.75. The molecular formula is C16H16F2N2. The summed E-state index contributed by atoms with van der Waals surface area (Å²) in [6.45, 7) is 3.57. The Balaban J connectivity index is 2.00. The Labute approximate surface area is 117 Å². The van der Waals surface area contributed by atoms with Crippen molar-refractivity contribution < 1.29 is 8.78 Å². The van der Waals surface area contributed by atoms with E-state index in [9.17, 15) is 8.78 Å². The Hall–Kier alpha value is -1.97. The van der Waals surface area contributed by atoms with Crippen LogP contribution in [0.15, 0.2) is 30.5 Å². The minimum atomic E-state index is -0.386. The molecular weight excluding hydrogens is 258 g/mol. The molecule has 0 bridgehead atoms. The Morgan fingerprint density at radius 2 is 2.05 bits per heavy atom. The SMILES string of the molecule is CCc1cccc(-c2cnc(N3CCC3)c(F)c2)c1F. The summed E-state index contributed by atoms with van der Waals surface area (Å²) in [7, 11) is 0. The summed E-state index contributed by atoms with van der Waals surface area (Å²) in [5.41, 5.74) is 1.53. The number of rotatable bonds is 3. The van der Waals surface area contributed by atoms with E-state index in [0.717, 1.165) is 19.5 Å². The highest BCUT2D eigenvalue weighted by atomic mass is 19.1. The number of hydrogen-bond acceptors (Lipinski definition) is 2. The Morgan fingerprint density at radius 1 is 1.25 bits per heavy atom. The van der Waals surface area contributed by atoms with Crippen molar-refractivity contribution in [3.05, 3.63) is 47.7 Å². The number of halogens is 2. The molecule has 4 heteroatoms. The second-order valence-corrected chi connectivity index (χ2v) is 5.00. The predicted octanol–water partition coefficient (Wildman–Crippen LogP) is 3.80. The molecule has 1 aliphatic heterocycles. The summed E-state index contributed by atoms with van der Waals surface area (Å²) in [6.07, 6.45) is 3.23. The monoisotopic (exact) mass is 274 g/mol. The molecule has 0 saturated carbocycles. The molecule has 1 aromatic carbocycles. The van der Waals surface area contributed by atoms with E-state index in [2.05, 4.69) is 4.98 Å². The molecule has 0 atom stereocenters. The number of hydrogen-bond donors (Lipinski definition) is 0. The number of anilines is 1. The van der Waals surface area contributed by atoms with Gasteiger partial charge in [-0.2, -0.15) is 0 Å². The first-order chi connectivity index (χ1) is 9.70. The number of pyridine rings is 1. The van der Waals surface area contributed by atoms with Gasteiger partial charge in [0.1, 0.15) is 5.82 Å². The highest BCUT2D eigenvalue weighted by Gasteiger charge is 2.20. The molecule has 2 nitrogen and oxygen atoms in total. The first-order valence-corrected chi connectivity index (χ1v) is 6.89. The van der Waals surface area contributed by atoms with Gasteiger partial charge in [-0.1, -0.05) is 25.1 Å². The average molecular weight is 274 g/mol. The molecule has 0 radical (unpaired) electrons. The molecule has 2 heterocycles. The molecule has 20 heavy (non-hydrogen) atoms. The molecule has 0 spiro atoms. The number of benzene rings is 1. The molecule has 0 unspecified atom stereocenters. The smallest absolute Gasteiger partial charge is 0.166 e. The topological polar surface area (TPSA) is 16.1 Å². The van der Waals surface area contributed by atoms with Gasteiger partial charge in [0, 0.05) is 30.4 Å². The molecule has 0 amide bonds. The maximum Gasteiger partial charge on any atom is 0.166 e. The summed E-state index contributed by atoms with van der Waals surface area (Å²) in [5.74, 6) is -0.302. The zero-order valence-electron chi connectivity index (χ0n) is 11.4. The van der Waals surface area contributed by atoms with E-state index < -0.39 is 0 Å². The van der Waals surface area contributed by atoms with Gasteiger partial charge in [0.15, 0.2) is 11.6 Å². The lowest BCUT2D eigenvalue weighted by Crippen LogP contribution is -2.38. The van der Waals surface area contributed by atoms with Crippen LogP contribution in [0.4, 0.5) is 14.6 Å². The van der Waals surface area contributed by atoms with Crippen molar-refractivity contribution in [2.75, 3.05) is 18.0 Å². The van der Waals surface area contributed by atoms with E-state index in [4.69, 9.17) is 0 Å². The van der Waals surface area contributed by atoms with Gasteiger partial charge in [-0.25, -0.2) is 13.8 Å². The van der Waals surface area contributed by atoms with Crippen molar-refractivity contribution in [3.8, 4) is 11.1 Å². The van der Waals surface area contributed by atoms with Crippen LogP contribution in [0, 0.1) is 11.6 Å². The van der Waals surface area contributed by atoms with Gasteiger partial charge in [0.05, 0.1) is 0 Å². The fourth-order valence-electron chi connectivity index (χ4n) is 2.41. The standard InChI is InChI=1S/C16H16F2N2/c1-2-11-5-3-6-13(15(11)18)12-9-14(17)16(19-10-12)20-7-4-8-20/h3,5-6,9-10H,2,4,7-8H2,1H3. The fourth-order valence-corrected chi connectivity index (χ4v) is 2.41. The summed E-state index contributed by atoms with van der Waals surface area (Å²) in [4.78, 5) is 6.04. The van der Waals surface area contributed by atoms with E-state index in [1.54, 1.807) is 24.4 Å². The van der Waals surface area contributed by atoms with Gasteiger partial charge in [-0.15, -0.1) is 0 Å². The Morgan fingerprint density at radius 3 is 2.65 bits per heavy atom. The van der Waals surface area contributed by atoms with E-state index >= 15 is 0 Å². The third kappa shape index (κ3) is 2.15. The molecule has 1 aromatic heterocycles. The van der Waals surface area contributed by atoms with Crippen molar-refractivity contribution >= 4 is 5.82 Å². The largest absolute Gasteiger partial charge is 0.354 e. The highest BCUT2D eigenvalue weighted by molar-refractivity contribution is 5.66. The lowest BCUT2D eigenvalue weighted by Gasteiger charge is -2.32. The van der Waals surface area contributed by atoms with Crippen LogP contribution < -0.4 is 4.90 Å². The van der Waals surface area contributed by atoms with Crippen molar-refractivity contribution in [1.29, 1.82) is 0 Å². The van der Waals surface area contributed by atoms with Crippen LogP contribution in [0.1, 0.15) is 18.9 Å². The second kappa shape index (κ2) is 5.19. The van der Waals surface area contributed by atoms with Crippen LogP contribution in [0.2, 0.25) is 0 Å². The van der Waals surface area contributed by atoms with Gasteiger partial charge in [-0.05, 0) is 24.5 Å². The quantitative estimate of drug-likeness (QED) is 0.846. The molecule has 0 N–H and O–H groups in total. The molecule has 1 aliphatic rings. The van der Waals surface area contributed by atoms with Gasteiger partial charge < -0.3 is 4.90 Å². The molecule has 3 rings (SSSR count). The maximum atomic E-state index is 14.3. The Bertz CT molecular complexity index is 636. The van der Waals surface area contributed by atoms with Crippen molar-refractivity contribution in [2.24, 2.45) is 0 Å². The van der Waals surface area contributed by atoms with E-state index in [1.165, 1.54) is 6.07 Å². The van der Waals surface area contributed by atoms with Crippen molar-refractivity contribution in [3.63, 3.8) is 0 Å². The van der Waals surface area contributed by atoms with Crippen molar-refractivity contribution in [1.82, 2.24) is 4.98 Å². The molecule has 1 fully saturated rings. The van der Waals surface area contributed by atoms with Crippen LogP contribution in [0.25, 0.3) is 11.1 Å². The van der Waals surface area contributed by atoms with Gasteiger partial charge >= 0.3 is 0 Å². The maximum absolute atomic E-state index is 14.3. The predicted molar refractivity (Wildman–Crippen MR) is 75.8 cm³/mol. The van der Waals surface area contributed by atoms with Crippen LogP contribution in [0.5, 0.6) is 0 Å². The fraction of sp³-hybridized carbons (Fsp3) is 0.312. The highest BCUT2D eigenvalue weighted by Crippen LogP contribution is 2.29. The van der Waals surface area contributed by atoms with Gasteiger partial charge in [0.2, 0.25) is 0 Å². The zero-order valence-corrected chi connectivity index (χ0v) is 11.4. The summed E-state index contributed by atoms with van der Waals surface area (Å²) in [6, 6.07) is 6.57. The van der Waals surface area contributed by atoms with E-state index in [-0.39, 0.29) is 11.6 Å². The minimum Gasteiger partial charge on any atom is -0.354 e. The number of nitrogens with zero attached hydrogens (tertiary/aromatic N) is 2. The Kier molecular flexibility index (Phi) is 3.38. The molecule has 2 aromatic rings. The zero-order chi connectivity index (χ0) is 14.1. The van der Waals surface area contributed by atoms with Crippen LogP contribution in [-0.2, 0) is 6.42 Å². The van der Waals surface area contributed by atoms with Crippen LogP contribution >= 0.6 is 0 Å². The lowest BCUT2D eigenvalue weighted by atomic mass is 10.0. The van der Waals surface area contributed by atoms with E-state index in [1.807, 2.05) is 11.8 Å². The average Bonchev–Trinajstić information content (AvgIpc) is 2.39. The summed E-state index contributed by atoms with van der Waals surface area (Å²) >= 11 is 0. The molecule has 104 valence electrons. The molecule has 1 saturated heterocycles. The summed E-state index contributed by atoms with van der Waals surface area (Å²) < 4.78 is 28.4. The second-order valence-electron chi connectivity index (χ2n) is 5.00. The minimum absolute atomic E-state index is 0.284. The van der Waals surface area contributed by atoms with Gasteiger partial charge in [-0.3, -0.25) is 0 Å². The number of aromatic nitrogens is 1. The summed E-state index contributed by atoms with van der Waals surface area (Å²) in [5, 5.41) is 0.